The third-order valence-electron chi connectivity index (χ3n) is 2.92. The van der Waals surface area contributed by atoms with Crippen LogP contribution in [0.15, 0.2) is 33.8 Å². The molecule has 0 bridgehead atoms. The van der Waals surface area contributed by atoms with E-state index in [-0.39, 0.29) is 6.10 Å². The minimum atomic E-state index is -0.0397. The zero-order chi connectivity index (χ0) is 16.7. The van der Waals surface area contributed by atoms with Crippen molar-refractivity contribution < 1.29 is 9.26 Å². The van der Waals surface area contributed by atoms with Crippen molar-refractivity contribution in [3.63, 3.8) is 0 Å². The summed E-state index contributed by atoms with van der Waals surface area (Å²) in [5, 5.41) is 10.8. The van der Waals surface area contributed by atoms with Crippen LogP contribution in [0.1, 0.15) is 18.6 Å². The molecule has 0 saturated heterocycles. The number of benzene rings is 1. The highest BCUT2D eigenvalue weighted by atomic mass is 35.5. The normalized spacial score (nSPS) is 12.8. The zero-order valence-corrected chi connectivity index (χ0v) is 14.1. The van der Waals surface area contributed by atoms with E-state index in [0.29, 0.717) is 35.8 Å². The quantitative estimate of drug-likeness (QED) is 0.620. The average Bonchev–Trinajstić information content (AvgIpc) is 2.95. The van der Waals surface area contributed by atoms with E-state index < -0.39 is 0 Å². The van der Waals surface area contributed by atoms with E-state index in [1.54, 1.807) is 26.1 Å². The largest absolute Gasteiger partial charge is 0.489 e. The maximum Gasteiger partial charge on any atom is 0.223 e. The van der Waals surface area contributed by atoms with Crippen LogP contribution in [0.25, 0.3) is 0 Å². The van der Waals surface area contributed by atoms with E-state index in [0.717, 1.165) is 5.75 Å². The second-order valence-electron chi connectivity index (χ2n) is 4.92. The Morgan fingerprint density at radius 3 is 2.70 bits per heavy atom. The molecule has 2 N–H and O–H groups in total. The Balaban J connectivity index is 1.75. The Labute approximate surface area is 140 Å². The fraction of sp³-hybridized carbons (Fsp3) is 0.400. The van der Waals surface area contributed by atoms with Crippen LogP contribution >= 0.6 is 11.6 Å². The molecule has 1 atom stereocenters. The molecule has 8 heteroatoms. The van der Waals surface area contributed by atoms with Gasteiger partial charge in [-0.2, -0.15) is 4.98 Å². The Morgan fingerprint density at radius 2 is 2.09 bits per heavy atom. The molecule has 1 unspecified atom stereocenters. The molecule has 0 fully saturated rings. The summed E-state index contributed by atoms with van der Waals surface area (Å²) < 4.78 is 10.7. The van der Waals surface area contributed by atoms with Crippen molar-refractivity contribution in [3.8, 4) is 5.75 Å². The number of nitrogens with one attached hydrogen (secondary N) is 2. The minimum Gasteiger partial charge on any atom is -0.489 e. The van der Waals surface area contributed by atoms with Crippen LogP contribution in [0.2, 0.25) is 5.02 Å². The van der Waals surface area contributed by atoms with Gasteiger partial charge in [-0.25, -0.2) is 0 Å². The molecule has 0 aliphatic rings. The van der Waals surface area contributed by atoms with Crippen LogP contribution in [-0.2, 0) is 6.54 Å². The first kappa shape index (κ1) is 17.1. The first-order valence-electron chi connectivity index (χ1n) is 7.22. The first-order chi connectivity index (χ1) is 11.1. The van der Waals surface area contributed by atoms with Crippen molar-refractivity contribution in [2.45, 2.75) is 26.5 Å². The summed E-state index contributed by atoms with van der Waals surface area (Å²) in [6.45, 7) is 4.74. The van der Waals surface area contributed by atoms with Gasteiger partial charge in [-0.05, 0) is 31.2 Å². The monoisotopic (exact) mass is 337 g/mol. The lowest BCUT2D eigenvalue weighted by Gasteiger charge is -2.17. The predicted octanol–water partition coefficient (Wildman–Crippen LogP) is 2.16. The Hall–Kier alpha value is -2.28. The van der Waals surface area contributed by atoms with Gasteiger partial charge < -0.3 is 19.9 Å². The molecule has 0 amide bonds. The smallest absolute Gasteiger partial charge is 0.223 e. The van der Waals surface area contributed by atoms with Gasteiger partial charge in [0.1, 0.15) is 11.9 Å². The number of aryl methyl sites for hydroxylation is 1. The summed E-state index contributed by atoms with van der Waals surface area (Å²) in [6.07, 6.45) is -0.0397. The second-order valence-corrected chi connectivity index (χ2v) is 5.36. The lowest BCUT2D eigenvalue weighted by Crippen LogP contribution is -2.41. The molecular weight excluding hydrogens is 318 g/mol. The highest BCUT2D eigenvalue weighted by Gasteiger charge is 2.07. The molecule has 23 heavy (non-hydrogen) atoms. The third-order valence-corrected chi connectivity index (χ3v) is 3.17. The molecule has 124 valence electrons. The van der Waals surface area contributed by atoms with Gasteiger partial charge in [-0.3, -0.25) is 4.99 Å². The van der Waals surface area contributed by atoms with Crippen LogP contribution < -0.4 is 15.4 Å². The topological polar surface area (TPSA) is 84.6 Å². The standard InChI is InChI=1S/C15H20ClN5O2/c1-10(22-13-6-4-12(16)5-7-13)8-18-15(17-3)19-9-14-20-11(2)23-21-14/h4-7,10H,8-9H2,1-3H3,(H2,17,18,19). The molecule has 2 rings (SSSR count). The maximum atomic E-state index is 5.85. The summed E-state index contributed by atoms with van der Waals surface area (Å²) in [5.74, 6) is 2.53. The average molecular weight is 338 g/mol. The maximum absolute atomic E-state index is 5.85. The lowest BCUT2D eigenvalue weighted by atomic mass is 10.3. The molecule has 0 aliphatic heterocycles. The first-order valence-corrected chi connectivity index (χ1v) is 7.60. The molecule has 0 spiro atoms. The van der Waals surface area contributed by atoms with Gasteiger partial charge in [0.25, 0.3) is 0 Å². The van der Waals surface area contributed by atoms with Crippen LogP contribution in [0, 0.1) is 6.92 Å². The van der Waals surface area contributed by atoms with Gasteiger partial charge >= 0.3 is 0 Å². The predicted molar refractivity (Wildman–Crippen MR) is 88.8 cm³/mol. The number of ether oxygens (including phenoxy) is 1. The second kappa shape index (κ2) is 8.38. The van der Waals surface area contributed by atoms with Gasteiger partial charge in [0, 0.05) is 19.0 Å². The molecule has 0 radical (unpaired) electrons. The van der Waals surface area contributed by atoms with Crippen molar-refractivity contribution >= 4 is 17.6 Å². The van der Waals surface area contributed by atoms with E-state index >= 15 is 0 Å². The summed E-state index contributed by atoms with van der Waals surface area (Å²) in [4.78, 5) is 8.25. The molecular formula is C15H20ClN5O2. The molecule has 1 aromatic carbocycles. The summed E-state index contributed by atoms with van der Waals surface area (Å²) in [7, 11) is 1.70. The SMILES string of the molecule is CN=C(NCc1noc(C)n1)NCC(C)Oc1ccc(Cl)cc1. The van der Waals surface area contributed by atoms with E-state index in [2.05, 4.69) is 25.8 Å². The number of nitrogens with zero attached hydrogens (tertiary/aromatic N) is 3. The highest BCUT2D eigenvalue weighted by molar-refractivity contribution is 6.30. The van der Waals surface area contributed by atoms with E-state index in [4.69, 9.17) is 20.9 Å². The van der Waals surface area contributed by atoms with Crippen molar-refractivity contribution in [1.29, 1.82) is 0 Å². The number of hydrogen-bond acceptors (Lipinski definition) is 5. The molecule has 0 saturated carbocycles. The summed E-state index contributed by atoms with van der Waals surface area (Å²) >= 11 is 5.85. The Kier molecular flexibility index (Phi) is 6.22. The molecule has 1 aromatic heterocycles. The van der Waals surface area contributed by atoms with Crippen LogP contribution in [-0.4, -0.2) is 35.8 Å². The third kappa shape index (κ3) is 5.78. The molecule has 2 aromatic rings. The molecule has 1 heterocycles. The fourth-order valence-corrected chi connectivity index (χ4v) is 1.95. The number of halogens is 1. The van der Waals surface area contributed by atoms with Crippen molar-refractivity contribution in [2.24, 2.45) is 4.99 Å². The number of hydrogen-bond donors (Lipinski definition) is 2. The number of aromatic nitrogens is 2. The molecule has 7 nitrogen and oxygen atoms in total. The van der Waals surface area contributed by atoms with Gasteiger partial charge in [-0.15, -0.1) is 0 Å². The zero-order valence-electron chi connectivity index (χ0n) is 13.3. The van der Waals surface area contributed by atoms with Gasteiger partial charge in [-0.1, -0.05) is 16.8 Å². The lowest BCUT2D eigenvalue weighted by molar-refractivity contribution is 0.224. The van der Waals surface area contributed by atoms with E-state index in [1.807, 2.05) is 19.1 Å². The van der Waals surface area contributed by atoms with Crippen LogP contribution in [0.4, 0.5) is 0 Å². The molecule has 0 aliphatic carbocycles. The van der Waals surface area contributed by atoms with E-state index in [1.165, 1.54) is 0 Å². The Bertz CT molecular complexity index is 642. The Morgan fingerprint density at radius 1 is 1.35 bits per heavy atom. The fourth-order valence-electron chi connectivity index (χ4n) is 1.82. The van der Waals surface area contributed by atoms with Gasteiger partial charge in [0.15, 0.2) is 11.8 Å². The summed E-state index contributed by atoms with van der Waals surface area (Å²) in [6, 6.07) is 7.27. The van der Waals surface area contributed by atoms with Crippen molar-refractivity contribution in [3.05, 3.63) is 41.0 Å². The highest BCUT2D eigenvalue weighted by Crippen LogP contribution is 2.16. The van der Waals surface area contributed by atoms with Crippen LogP contribution in [0.5, 0.6) is 5.75 Å². The summed E-state index contributed by atoms with van der Waals surface area (Å²) in [5.41, 5.74) is 0. The van der Waals surface area contributed by atoms with Crippen molar-refractivity contribution in [2.75, 3.05) is 13.6 Å². The number of guanidine groups is 1. The van der Waals surface area contributed by atoms with Gasteiger partial charge in [0.05, 0.1) is 13.1 Å². The van der Waals surface area contributed by atoms with Gasteiger partial charge in [0.2, 0.25) is 5.89 Å². The minimum absolute atomic E-state index is 0.0397. The number of rotatable bonds is 6. The van der Waals surface area contributed by atoms with Crippen LogP contribution in [0.3, 0.4) is 0 Å². The van der Waals surface area contributed by atoms with E-state index in [9.17, 15) is 0 Å². The van der Waals surface area contributed by atoms with Crippen molar-refractivity contribution in [1.82, 2.24) is 20.8 Å². The number of aliphatic imine (C=N–C) groups is 1.